The molecule has 0 radical (unpaired) electrons. The molecular weight excluding hydrogens is 867 g/mol. The molecule has 0 saturated carbocycles. The van der Waals surface area contributed by atoms with E-state index < -0.39 is 8.07 Å². The Morgan fingerprint density at radius 3 is 1.61 bits per heavy atom. The van der Waals surface area contributed by atoms with Crippen molar-refractivity contribution >= 4 is 72.6 Å². The Morgan fingerprint density at radius 2 is 0.857 bits per heavy atom. The number of fused-ring (bicyclic) bond motifs is 8. The number of rotatable bonds is 7. The van der Waals surface area contributed by atoms with Crippen molar-refractivity contribution in [3.05, 3.63) is 261 Å². The van der Waals surface area contributed by atoms with Gasteiger partial charge in [-0.25, -0.2) is 0 Å². The van der Waals surface area contributed by atoms with E-state index in [0.717, 1.165) is 55.8 Å². The van der Waals surface area contributed by atoms with Gasteiger partial charge >= 0.3 is 0 Å². The average Bonchev–Trinajstić information content (AvgIpc) is 3.99. The Balaban J connectivity index is 1.06. The van der Waals surface area contributed by atoms with Crippen LogP contribution in [-0.4, -0.2) is 12.6 Å². The average molecular weight is 910 g/mol. The summed E-state index contributed by atoms with van der Waals surface area (Å²) in [5.74, 6) is 1.75. The number of aromatic nitrogens is 1. The van der Waals surface area contributed by atoms with Gasteiger partial charge in [-0.1, -0.05) is 212 Å². The van der Waals surface area contributed by atoms with Crippen molar-refractivity contribution in [2.45, 2.75) is 0 Å². The maximum Gasteiger partial charge on any atom is 0.188 e. The van der Waals surface area contributed by atoms with E-state index in [-0.39, 0.29) is 0 Å². The summed E-state index contributed by atoms with van der Waals surface area (Å²) in [5.41, 5.74) is 14.5. The zero-order chi connectivity index (χ0) is 46.2. The van der Waals surface area contributed by atoms with E-state index in [4.69, 9.17) is 9.15 Å². The number of ether oxygens (including phenoxy) is 1. The summed E-state index contributed by atoms with van der Waals surface area (Å²) in [6, 6.07) is 95.3. The van der Waals surface area contributed by atoms with Gasteiger partial charge in [-0.2, -0.15) is 0 Å². The van der Waals surface area contributed by atoms with Crippen molar-refractivity contribution in [3.63, 3.8) is 0 Å². The van der Waals surface area contributed by atoms with Gasteiger partial charge in [0.25, 0.3) is 0 Å². The molecule has 0 bridgehead atoms. The van der Waals surface area contributed by atoms with Crippen LogP contribution in [0.5, 0.6) is 11.5 Å². The van der Waals surface area contributed by atoms with Crippen molar-refractivity contribution in [2.75, 3.05) is 0 Å². The van der Waals surface area contributed by atoms with Crippen LogP contribution in [0, 0.1) is 0 Å². The molecule has 11 aromatic carbocycles. The van der Waals surface area contributed by atoms with Crippen LogP contribution in [0.3, 0.4) is 0 Å². The lowest BCUT2D eigenvalue weighted by atomic mass is 9.99. The van der Waals surface area contributed by atoms with Gasteiger partial charge in [-0.3, -0.25) is 0 Å². The molecule has 2 aromatic heterocycles. The first-order valence-electron chi connectivity index (χ1n) is 24.0. The molecule has 1 atom stereocenters. The van der Waals surface area contributed by atoms with Crippen molar-refractivity contribution < 1.29 is 9.15 Å². The van der Waals surface area contributed by atoms with E-state index in [1.807, 2.05) is 6.07 Å². The largest absolute Gasteiger partial charge is 0.458 e. The summed E-state index contributed by atoms with van der Waals surface area (Å²) in [7, 11) is -3.30. The van der Waals surface area contributed by atoms with Gasteiger partial charge < -0.3 is 13.7 Å². The maximum absolute atomic E-state index is 7.22. The second kappa shape index (κ2) is 16.1. The van der Waals surface area contributed by atoms with Gasteiger partial charge in [0.15, 0.2) is 8.07 Å². The van der Waals surface area contributed by atoms with E-state index in [2.05, 4.69) is 259 Å². The minimum absolute atomic E-state index is 0.870. The van der Waals surface area contributed by atoms with E-state index >= 15 is 0 Å². The lowest BCUT2D eigenvalue weighted by molar-refractivity contribution is 0.487. The van der Waals surface area contributed by atoms with Crippen LogP contribution in [0.4, 0.5) is 0 Å². The Bertz CT molecular complexity index is 4060. The first-order chi connectivity index (χ1) is 34.7. The molecule has 0 fully saturated rings. The highest BCUT2D eigenvalue weighted by Gasteiger charge is 2.48. The predicted molar refractivity (Wildman–Crippen MR) is 293 cm³/mol. The number of nitrogens with zero attached hydrogens (tertiary/aromatic N) is 1. The molecule has 4 heteroatoms. The van der Waals surface area contributed by atoms with E-state index in [1.165, 1.54) is 70.4 Å². The molecule has 3 heterocycles. The molecule has 3 nitrogen and oxygen atoms in total. The van der Waals surface area contributed by atoms with Crippen molar-refractivity contribution in [1.82, 2.24) is 4.57 Å². The fraction of sp³-hybridized carbons (Fsp3) is 0. The highest BCUT2D eigenvalue weighted by molar-refractivity contribution is 7.21. The van der Waals surface area contributed by atoms with Crippen LogP contribution in [0.15, 0.2) is 265 Å². The third kappa shape index (κ3) is 6.20. The number of hydrogen-bond donors (Lipinski definition) is 0. The summed E-state index contributed by atoms with van der Waals surface area (Å²) in [5, 5.41) is 9.68. The molecule has 0 amide bonds. The predicted octanol–water partition coefficient (Wildman–Crippen LogP) is 14.8. The summed E-state index contributed by atoms with van der Waals surface area (Å²) < 4.78 is 16.1. The second-order valence-electron chi connectivity index (χ2n) is 18.3. The standard InChI is InChI=1S/C66H43NO2Si/c1-3-19-44(20-4-1)48-39-49(45-21-5-2-6-22-45)42-51(41-48)70(50-24-17-23-46(40-50)52-25-7-11-30-57(52)67-58-31-12-8-26-54(58)55-27-9-13-32-59(55)67)64-36-16-15-34-61(64)69-63-43-47(37-38-65(63)70)53-29-18-35-62-66(53)56-28-10-14-33-60(56)68-62/h1-43H. The third-order valence-corrected chi connectivity index (χ3v) is 19.3. The first kappa shape index (κ1) is 40.1. The Kier molecular flexibility index (Phi) is 9.23. The summed E-state index contributed by atoms with van der Waals surface area (Å²) >= 11 is 0. The van der Waals surface area contributed by atoms with Gasteiger partial charge in [-0.15, -0.1) is 0 Å². The first-order valence-corrected chi connectivity index (χ1v) is 26.0. The van der Waals surface area contributed by atoms with Crippen molar-refractivity contribution in [1.29, 1.82) is 0 Å². The fourth-order valence-corrected chi connectivity index (χ4v) is 16.5. The molecule has 1 aliphatic rings. The van der Waals surface area contributed by atoms with E-state index in [1.54, 1.807) is 0 Å². The van der Waals surface area contributed by atoms with Crippen LogP contribution in [0.1, 0.15) is 0 Å². The van der Waals surface area contributed by atoms with Gasteiger partial charge in [0.05, 0.1) is 16.7 Å². The quantitative estimate of drug-likeness (QED) is 0.149. The number of hydrogen-bond acceptors (Lipinski definition) is 2. The highest BCUT2D eigenvalue weighted by atomic mass is 28.3. The maximum atomic E-state index is 7.22. The normalized spacial score (nSPS) is 14.2. The Morgan fingerprint density at radius 1 is 0.314 bits per heavy atom. The molecule has 0 spiro atoms. The molecule has 14 rings (SSSR count). The zero-order valence-electron chi connectivity index (χ0n) is 38.1. The van der Waals surface area contributed by atoms with Gasteiger partial charge in [-0.05, 0) is 108 Å². The number of furan rings is 1. The summed E-state index contributed by atoms with van der Waals surface area (Å²) in [6.45, 7) is 0. The van der Waals surface area contributed by atoms with Gasteiger partial charge in [0.2, 0.25) is 0 Å². The molecule has 0 N–H and O–H groups in total. The van der Waals surface area contributed by atoms with Crippen LogP contribution in [-0.2, 0) is 0 Å². The van der Waals surface area contributed by atoms with Gasteiger partial charge in [0.1, 0.15) is 22.7 Å². The van der Waals surface area contributed by atoms with Crippen LogP contribution in [0.25, 0.3) is 93.9 Å². The van der Waals surface area contributed by atoms with Crippen LogP contribution < -0.4 is 25.5 Å². The zero-order valence-corrected chi connectivity index (χ0v) is 39.1. The monoisotopic (exact) mass is 909 g/mol. The smallest absolute Gasteiger partial charge is 0.188 e. The van der Waals surface area contributed by atoms with E-state index in [0.29, 0.717) is 0 Å². The van der Waals surface area contributed by atoms with E-state index in [9.17, 15) is 0 Å². The lowest BCUT2D eigenvalue weighted by Crippen LogP contribution is -2.76. The van der Waals surface area contributed by atoms with Gasteiger partial charge in [0, 0.05) is 27.1 Å². The number of para-hydroxylation sites is 5. The molecule has 70 heavy (non-hydrogen) atoms. The Labute approximate surface area is 406 Å². The number of benzene rings is 11. The minimum atomic E-state index is -3.30. The second-order valence-corrected chi connectivity index (χ2v) is 22.1. The highest BCUT2D eigenvalue weighted by Crippen LogP contribution is 2.41. The van der Waals surface area contributed by atoms with Crippen molar-refractivity contribution in [2.24, 2.45) is 0 Å². The minimum Gasteiger partial charge on any atom is -0.458 e. The van der Waals surface area contributed by atoms with Crippen molar-refractivity contribution in [3.8, 4) is 61.7 Å². The fourth-order valence-electron chi connectivity index (χ4n) is 11.5. The Hall–Kier alpha value is -8.96. The molecule has 1 aliphatic heterocycles. The molecule has 13 aromatic rings. The third-order valence-electron chi connectivity index (χ3n) is 14.5. The molecule has 0 aliphatic carbocycles. The molecule has 328 valence electrons. The van der Waals surface area contributed by atoms with Crippen LogP contribution >= 0.6 is 0 Å². The molecule has 0 saturated heterocycles. The summed E-state index contributed by atoms with van der Waals surface area (Å²) in [4.78, 5) is 0. The van der Waals surface area contributed by atoms with Crippen LogP contribution in [0.2, 0.25) is 0 Å². The summed E-state index contributed by atoms with van der Waals surface area (Å²) in [6.07, 6.45) is 0. The lowest BCUT2D eigenvalue weighted by Gasteiger charge is -2.40. The topological polar surface area (TPSA) is 27.3 Å². The SMILES string of the molecule is c1ccc(-c2cc(-c3ccccc3)cc([Si]3(c4cccc(-c5ccccc5-n5c6ccccc6c6ccccc65)c4)c4ccccc4Oc4cc(-c5cccc6oc7ccccc7c56)ccc43)c2)cc1. The molecule has 1 unspecified atom stereocenters. The molecular formula is C66H43NO2Si.